The van der Waals surface area contributed by atoms with E-state index >= 15 is 0 Å². The molecule has 106 valence electrons. The van der Waals surface area contributed by atoms with E-state index in [1.807, 2.05) is 14.0 Å². The molecule has 18 heavy (non-hydrogen) atoms. The second-order valence-corrected chi connectivity index (χ2v) is 5.57. The van der Waals surface area contributed by atoms with Gasteiger partial charge in [-0.2, -0.15) is 0 Å². The number of hydrogen-bond acceptors (Lipinski definition) is 3. The molecular weight excluding hydrogens is 228 g/mol. The predicted octanol–water partition coefficient (Wildman–Crippen LogP) is 2.59. The first kappa shape index (κ1) is 15.3. The molecule has 0 aliphatic carbocycles. The van der Waals surface area contributed by atoms with E-state index in [0.717, 1.165) is 31.8 Å². The predicted molar refractivity (Wildman–Crippen MR) is 73.7 cm³/mol. The van der Waals surface area contributed by atoms with Gasteiger partial charge in [0.2, 0.25) is 0 Å². The molecule has 0 aromatic carbocycles. The minimum absolute atomic E-state index is 0.182. The lowest BCUT2D eigenvalue weighted by Crippen LogP contribution is -2.46. The van der Waals surface area contributed by atoms with Crippen LogP contribution in [0.15, 0.2) is 0 Å². The second kappa shape index (κ2) is 7.62. The van der Waals surface area contributed by atoms with E-state index < -0.39 is 0 Å². The molecular formula is C14H28N2O2. The second-order valence-electron chi connectivity index (χ2n) is 5.57. The number of rotatable bonds is 5. The number of hydrogen-bond donors (Lipinski definition) is 0. The zero-order chi connectivity index (χ0) is 13.5. The zero-order valence-corrected chi connectivity index (χ0v) is 12.3. The van der Waals surface area contributed by atoms with Gasteiger partial charge in [-0.1, -0.05) is 13.8 Å². The van der Waals surface area contributed by atoms with Crippen molar-refractivity contribution >= 4 is 6.09 Å². The fraction of sp³-hybridized carbons (Fsp3) is 0.929. The molecule has 0 saturated carbocycles. The molecule has 1 rings (SSSR count). The third-order valence-corrected chi connectivity index (χ3v) is 3.68. The Morgan fingerprint density at radius 2 is 2.00 bits per heavy atom. The molecule has 1 fully saturated rings. The van der Waals surface area contributed by atoms with E-state index in [4.69, 9.17) is 4.74 Å². The maximum Gasteiger partial charge on any atom is 0.409 e. The molecule has 0 aromatic heterocycles. The van der Waals surface area contributed by atoms with E-state index in [9.17, 15) is 4.79 Å². The first-order valence-electron chi connectivity index (χ1n) is 7.16. The lowest BCUT2D eigenvalue weighted by atomic mass is 10.0. The van der Waals surface area contributed by atoms with Crippen LogP contribution in [0.2, 0.25) is 0 Å². The van der Waals surface area contributed by atoms with Crippen LogP contribution in [0.3, 0.4) is 0 Å². The molecule has 0 radical (unpaired) electrons. The van der Waals surface area contributed by atoms with Crippen LogP contribution in [0.5, 0.6) is 0 Å². The van der Waals surface area contributed by atoms with Crippen molar-refractivity contribution in [3.8, 4) is 0 Å². The van der Waals surface area contributed by atoms with Gasteiger partial charge in [-0.05, 0) is 38.6 Å². The molecule has 0 spiro atoms. The number of carbonyl (C=O) groups is 1. The Morgan fingerprint density at radius 3 is 2.50 bits per heavy atom. The average Bonchev–Trinajstić information content (AvgIpc) is 2.36. The normalized spacial score (nSPS) is 18.1. The fourth-order valence-corrected chi connectivity index (χ4v) is 2.35. The monoisotopic (exact) mass is 256 g/mol. The van der Waals surface area contributed by atoms with E-state index in [0.29, 0.717) is 12.6 Å². The van der Waals surface area contributed by atoms with Crippen LogP contribution in [0.25, 0.3) is 0 Å². The Kier molecular flexibility index (Phi) is 6.47. The number of carbonyl (C=O) groups excluding carboxylic acids is 1. The van der Waals surface area contributed by atoms with Gasteiger partial charge in [0.05, 0.1) is 6.61 Å². The number of ether oxygens (including phenoxy) is 1. The summed E-state index contributed by atoms with van der Waals surface area (Å²) < 4.78 is 5.04. The van der Waals surface area contributed by atoms with Crippen molar-refractivity contribution in [2.45, 2.75) is 46.1 Å². The fourth-order valence-electron chi connectivity index (χ4n) is 2.35. The Hall–Kier alpha value is -0.770. The molecule has 1 heterocycles. The Labute approximate surface area is 111 Å². The van der Waals surface area contributed by atoms with Crippen LogP contribution in [0, 0.1) is 5.92 Å². The first-order chi connectivity index (χ1) is 8.54. The summed E-state index contributed by atoms with van der Waals surface area (Å²) in [5, 5.41) is 0. The molecule has 4 heteroatoms. The van der Waals surface area contributed by atoms with Gasteiger partial charge < -0.3 is 14.5 Å². The van der Waals surface area contributed by atoms with E-state index in [2.05, 4.69) is 18.7 Å². The number of nitrogens with zero attached hydrogens (tertiary/aromatic N) is 2. The molecule has 1 amide bonds. The van der Waals surface area contributed by atoms with Gasteiger partial charge in [-0.25, -0.2) is 4.79 Å². The van der Waals surface area contributed by atoms with Crippen molar-refractivity contribution in [2.75, 3.05) is 33.3 Å². The molecule has 0 atom stereocenters. The summed E-state index contributed by atoms with van der Waals surface area (Å²) in [6, 6.07) is 0.347. The quantitative estimate of drug-likeness (QED) is 0.758. The third-order valence-electron chi connectivity index (χ3n) is 3.68. The maximum absolute atomic E-state index is 11.6. The standard InChI is InChI=1S/C14H28N2O2/c1-5-18-14(17)15(4)13-7-10-16(11-8-13)9-6-12(2)3/h12-13H,5-11H2,1-4H3. The van der Waals surface area contributed by atoms with Gasteiger partial charge >= 0.3 is 6.09 Å². The average molecular weight is 256 g/mol. The van der Waals surface area contributed by atoms with Crippen molar-refractivity contribution in [1.29, 1.82) is 0 Å². The summed E-state index contributed by atoms with van der Waals surface area (Å²) in [5.41, 5.74) is 0. The molecule has 1 saturated heterocycles. The summed E-state index contributed by atoms with van der Waals surface area (Å²) in [5.74, 6) is 0.768. The lowest BCUT2D eigenvalue weighted by Gasteiger charge is -2.36. The molecule has 0 N–H and O–H groups in total. The Bertz CT molecular complexity index is 248. The van der Waals surface area contributed by atoms with Gasteiger partial charge in [-0.15, -0.1) is 0 Å². The van der Waals surface area contributed by atoms with Crippen LogP contribution < -0.4 is 0 Å². The highest BCUT2D eigenvalue weighted by Gasteiger charge is 2.25. The van der Waals surface area contributed by atoms with Crippen molar-refractivity contribution in [2.24, 2.45) is 5.92 Å². The molecule has 1 aliphatic heterocycles. The lowest BCUT2D eigenvalue weighted by molar-refractivity contribution is 0.0795. The van der Waals surface area contributed by atoms with Crippen molar-refractivity contribution < 1.29 is 9.53 Å². The van der Waals surface area contributed by atoms with E-state index in [1.54, 1.807) is 4.90 Å². The van der Waals surface area contributed by atoms with Gasteiger partial charge in [-0.3, -0.25) is 0 Å². The van der Waals surface area contributed by atoms with Crippen LogP contribution in [0.4, 0.5) is 4.79 Å². The maximum atomic E-state index is 11.6. The van der Waals surface area contributed by atoms with Crippen molar-refractivity contribution in [3.05, 3.63) is 0 Å². The van der Waals surface area contributed by atoms with Gasteiger partial charge in [0.15, 0.2) is 0 Å². The first-order valence-corrected chi connectivity index (χ1v) is 7.16. The highest BCUT2D eigenvalue weighted by Crippen LogP contribution is 2.17. The summed E-state index contributed by atoms with van der Waals surface area (Å²) >= 11 is 0. The topological polar surface area (TPSA) is 32.8 Å². The third kappa shape index (κ3) is 4.84. The minimum atomic E-state index is -0.182. The van der Waals surface area contributed by atoms with Crippen LogP contribution in [0.1, 0.15) is 40.0 Å². The number of likely N-dealkylation sites (tertiary alicyclic amines) is 1. The Morgan fingerprint density at radius 1 is 1.39 bits per heavy atom. The molecule has 4 nitrogen and oxygen atoms in total. The summed E-state index contributed by atoms with van der Waals surface area (Å²) in [6.45, 7) is 10.2. The summed E-state index contributed by atoms with van der Waals surface area (Å²) in [6.07, 6.45) is 3.21. The minimum Gasteiger partial charge on any atom is -0.450 e. The van der Waals surface area contributed by atoms with Gasteiger partial charge in [0.25, 0.3) is 0 Å². The molecule has 1 aliphatic rings. The molecule has 0 unspecified atom stereocenters. The van der Waals surface area contributed by atoms with Gasteiger partial charge in [0.1, 0.15) is 0 Å². The molecule has 0 aromatic rings. The van der Waals surface area contributed by atoms with Crippen LogP contribution >= 0.6 is 0 Å². The highest BCUT2D eigenvalue weighted by atomic mass is 16.6. The summed E-state index contributed by atoms with van der Waals surface area (Å²) in [7, 11) is 1.85. The Balaban J connectivity index is 2.28. The largest absolute Gasteiger partial charge is 0.450 e. The molecule has 0 bridgehead atoms. The SMILES string of the molecule is CCOC(=O)N(C)C1CCN(CCC(C)C)CC1. The van der Waals surface area contributed by atoms with E-state index in [-0.39, 0.29) is 6.09 Å². The van der Waals surface area contributed by atoms with Crippen LogP contribution in [-0.2, 0) is 4.74 Å². The van der Waals surface area contributed by atoms with Crippen molar-refractivity contribution in [1.82, 2.24) is 9.80 Å². The van der Waals surface area contributed by atoms with Crippen molar-refractivity contribution in [3.63, 3.8) is 0 Å². The van der Waals surface area contributed by atoms with Crippen LogP contribution in [-0.4, -0.2) is 55.2 Å². The zero-order valence-electron chi connectivity index (χ0n) is 12.3. The smallest absolute Gasteiger partial charge is 0.409 e. The number of piperidine rings is 1. The highest BCUT2D eigenvalue weighted by molar-refractivity contribution is 5.67. The summed E-state index contributed by atoms with van der Waals surface area (Å²) in [4.78, 5) is 15.9. The number of amides is 1. The van der Waals surface area contributed by atoms with Gasteiger partial charge in [0, 0.05) is 26.2 Å². The van der Waals surface area contributed by atoms with E-state index in [1.165, 1.54) is 13.0 Å².